The van der Waals surface area contributed by atoms with Crippen LogP contribution in [0.3, 0.4) is 0 Å². The topological polar surface area (TPSA) is 21.3 Å². The van der Waals surface area contributed by atoms with E-state index in [4.69, 9.17) is 4.74 Å². The lowest BCUT2D eigenvalue weighted by molar-refractivity contribution is -0.123. The predicted octanol–water partition coefficient (Wildman–Crippen LogP) is 4.14. The number of rotatable bonds is 6. The molecule has 1 aromatic carbocycles. The van der Waals surface area contributed by atoms with Crippen molar-refractivity contribution in [2.75, 3.05) is 18.2 Å². The lowest BCUT2D eigenvalue weighted by Gasteiger charge is -2.22. The smallest absolute Gasteiger partial charge is 0.418 e. The van der Waals surface area contributed by atoms with E-state index in [1.54, 1.807) is 24.3 Å². The molecule has 0 radical (unpaired) electrons. The van der Waals surface area contributed by atoms with Gasteiger partial charge in [-0.3, -0.25) is 0 Å². The molecule has 0 spiro atoms. The molecule has 18 heavy (non-hydrogen) atoms. The highest BCUT2D eigenvalue weighted by Crippen LogP contribution is 2.32. The van der Waals surface area contributed by atoms with Gasteiger partial charge in [-0.15, -0.1) is 11.8 Å². The van der Waals surface area contributed by atoms with Crippen LogP contribution in [0.5, 0.6) is 5.75 Å². The maximum Gasteiger partial charge on any atom is 0.418 e. The molecule has 2 nitrogen and oxygen atoms in total. The SMILES string of the molecule is CCCS[C@@H](Nc1ccc(OC)cc1)C(F)(F)F. The van der Waals surface area contributed by atoms with Gasteiger partial charge in [-0.1, -0.05) is 6.92 Å². The first kappa shape index (κ1) is 15.0. The second-order valence-corrected chi connectivity index (χ2v) is 4.88. The summed E-state index contributed by atoms with van der Waals surface area (Å²) in [5.41, 5.74) is 0.432. The van der Waals surface area contributed by atoms with E-state index in [2.05, 4.69) is 5.32 Å². The van der Waals surface area contributed by atoms with Gasteiger partial charge in [0.2, 0.25) is 0 Å². The van der Waals surface area contributed by atoms with Gasteiger partial charge in [0, 0.05) is 5.69 Å². The van der Waals surface area contributed by atoms with Gasteiger partial charge in [-0.2, -0.15) is 13.2 Å². The number of ether oxygens (including phenoxy) is 1. The van der Waals surface area contributed by atoms with Gasteiger partial charge >= 0.3 is 6.18 Å². The van der Waals surface area contributed by atoms with Crippen molar-refractivity contribution in [1.82, 2.24) is 0 Å². The molecular weight excluding hydrogens is 263 g/mol. The van der Waals surface area contributed by atoms with Gasteiger partial charge in [0.15, 0.2) is 5.37 Å². The lowest BCUT2D eigenvalue weighted by Crippen LogP contribution is -2.33. The Bertz CT molecular complexity index is 353. The molecule has 0 bridgehead atoms. The van der Waals surface area contributed by atoms with Crippen LogP contribution in [0.2, 0.25) is 0 Å². The van der Waals surface area contributed by atoms with Crippen LogP contribution >= 0.6 is 11.8 Å². The monoisotopic (exact) mass is 279 g/mol. The number of alkyl halides is 3. The summed E-state index contributed by atoms with van der Waals surface area (Å²) in [5, 5.41) is 0.910. The third kappa shape index (κ3) is 4.68. The molecule has 1 rings (SSSR count). The van der Waals surface area contributed by atoms with Gasteiger partial charge < -0.3 is 10.1 Å². The molecule has 102 valence electrons. The van der Waals surface area contributed by atoms with Crippen LogP contribution in [-0.2, 0) is 0 Å². The van der Waals surface area contributed by atoms with Gasteiger partial charge in [-0.05, 0) is 36.4 Å². The van der Waals surface area contributed by atoms with Crippen molar-refractivity contribution in [3.05, 3.63) is 24.3 Å². The Morgan fingerprint density at radius 3 is 2.33 bits per heavy atom. The van der Waals surface area contributed by atoms with Crippen LogP contribution in [0.15, 0.2) is 24.3 Å². The number of anilines is 1. The minimum absolute atomic E-state index is 0.432. The number of hydrogen-bond acceptors (Lipinski definition) is 3. The fourth-order valence-corrected chi connectivity index (χ4v) is 2.17. The summed E-state index contributed by atoms with van der Waals surface area (Å²) in [7, 11) is 1.51. The number of benzene rings is 1. The minimum Gasteiger partial charge on any atom is -0.497 e. The molecule has 0 aliphatic rings. The molecule has 0 aliphatic heterocycles. The van der Waals surface area contributed by atoms with Crippen molar-refractivity contribution < 1.29 is 17.9 Å². The zero-order valence-corrected chi connectivity index (χ0v) is 11.1. The molecule has 0 fully saturated rings. The highest BCUT2D eigenvalue weighted by Gasteiger charge is 2.39. The zero-order valence-electron chi connectivity index (χ0n) is 10.3. The molecule has 0 heterocycles. The molecule has 0 saturated heterocycles. The molecule has 0 unspecified atom stereocenters. The average molecular weight is 279 g/mol. The standard InChI is InChI=1S/C12H16F3NOS/c1-3-8-18-11(12(13,14)15)16-9-4-6-10(17-2)7-5-9/h4-7,11,16H,3,8H2,1-2H3/t11-/m1/s1. The van der Waals surface area contributed by atoms with E-state index < -0.39 is 11.6 Å². The summed E-state index contributed by atoms with van der Waals surface area (Å²) in [4.78, 5) is 0. The van der Waals surface area contributed by atoms with E-state index >= 15 is 0 Å². The summed E-state index contributed by atoms with van der Waals surface area (Å²) < 4.78 is 43.3. The predicted molar refractivity (Wildman–Crippen MR) is 69.2 cm³/mol. The van der Waals surface area contributed by atoms with Gasteiger partial charge in [-0.25, -0.2) is 0 Å². The number of nitrogens with one attached hydrogen (secondary N) is 1. The van der Waals surface area contributed by atoms with E-state index in [1.165, 1.54) is 7.11 Å². The number of thioether (sulfide) groups is 1. The van der Waals surface area contributed by atoms with Crippen molar-refractivity contribution in [3.8, 4) is 5.75 Å². The fraction of sp³-hybridized carbons (Fsp3) is 0.500. The average Bonchev–Trinajstić information content (AvgIpc) is 2.34. The highest BCUT2D eigenvalue weighted by atomic mass is 32.2. The van der Waals surface area contributed by atoms with Crippen molar-refractivity contribution in [3.63, 3.8) is 0 Å². The molecule has 0 amide bonds. The quantitative estimate of drug-likeness (QED) is 0.791. The second kappa shape index (κ2) is 6.78. The zero-order chi connectivity index (χ0) is 13.6. The Balaban J connectivity index is 2.69. The molecule has 0 aromatic heterocycles. The lowest BCUT2D eigenvalue weighted by atomic mass is 10.3. The van der Waals surface area contributed by atoms with Gasteiger partial charge in [0.25, 0.3) is 0 Å². The molecule has 0 saturated carbocycles. The summed E-state index contributed by atoms with van der Waals surface area (Å²) in [6.45, 7) is 1.85. The Kier molecular flexibility index (Phi) is 5.65. The summed E-state index contributed by atoms with van der Waals surface area (Å²) in [5.74, 6) is 1.08. The van der Waals surface area contributed by atoms with Crippen molar-refractivity contribution in [1.29, 1.82) is 0 Å². The van der Waals surface area contributed by atoms with Gasteiger partial charge in [0.1, 0.15) is 5.75 Å². The first-order valence-corrected chi connectivity index (χ1v) is 6.61. The van der Waals surface area contributed by atoms with Crippen LogP contribution in [0, 0.1) is 0 Å². The second-order valence-electron chi connectivity index (χ2n) is 3.67. The molecule has 6 heteroatoms. The Hall–Kier alpha value is -1.04. The van der Waals surface area contributed by atoms with Crippen LogP contribution in [0.25, 0.3) is 0 Å². The van der Waals surface area contributed by atoms with E-state index in [0.717, 1.165) is 11.8 Å². The van der Waals surface area contributed by atoms with Crippen molar-refractivity contribution in [2.45, 2.75) is 24.9 Å². The molecule has 1 aromatic rings. The first-order valence-electron chi connectivity index (χ1n) is 5.56. The third-order valence-corrected chi connectivity index (χ3v) is 3.54. The highest BCUT2D eigenvalue weighted by molar-refractivity contribution is 8.00. The van der Waals surface area contributed by atoms with Crippen LogP contribution in [-0.4, -0.2) is 24.4 Å². The maximum absolute atomic E-state index is 12.8. The summed E-state index contributed by atoms with van der Waals surface area (Å²) >= 11 is 0.866. The summed E-state index contributed by atoms with van der Waals surface area (Å²) in [6, 6.07) is 6.40. The maximum atomic E-state index is 12.8. The fourth-order valence-electron chi connectivity index (χ4n) is 1.29. The Morgan fingerprint density at radius 1 is 1.28 bits per heavy atom. The molecule has 0 aliphatic carbocycles. The first-order chi connectivity index (χ1) is 8.47. The van der Waals surface area contributed by atoms with E-state index in [-0.39, 0.29) is 0 Å². The van der Waals surface area contributed by atoms with Crippen molar-refractivity contribution in [2.24, 2.45) is 0 Å². The normalized spacial score (nSPS) is 13.2. The molecular formula is C12H16F3NOS. The van der Waals surface area contributed by atoms with E-state index in [9.17, 15) is 13.2 Å². The third-order valence-electron chi connectivity index (χ3n) is 2.17. The van der Waals surface area contributed by atoms with Crippen LogP contribution < -0.4 is 10.1 Å². The molecule has 1 atom stereocenters. The largest absolute Gasteiger partial charge is 0.497 e. The Morgan fingerprint density at radius 2 is 1.89 bits per heavy atom. The number of methoxy groups -OCH3 is 1. The molecule has 1 N–H and O–H groups in total. The minimum atomic E-state index is -4.26. The number of halogens is 3. The van der Waals surface area contributed by atoms with Crippen molar-refractivity contribution >= 4 is 17.4 Å². The Labute approximate surface area is 109 Å². The van der Waals surface area contributed by atoms with E-state index in [0.29, 0.717) is 23.6 Å². The number of hydrogen-bond donors (Lipinski definition) is 1. The summed E-state index contributed by atoms with van der Waals surface area (Å²) in [6.07, 6.45) is -3.55. The van der Waals surface area contributed by atoms with E-state index in [1.807, 2.05) is 6.92 Å². The van der Waals surface area contributed by atoms with Gasteiger partial charge in [0.05, 0.1) is 7.11 Å². The van der Waals surface area contributed by atoms with Crippen LogP contribution in [0.1, 0.15) is 13.3 Å². The van der Waals surface area contributed by atoms with Crippen LogP contribution in [0.4, 0.5) is 18.9 Å².